The predicted molar refractivity (Wildman–Crippen MR) is 98.9 cm³/mol. The second-order valence-electron chi connectivity index (χ2n) is 5.88. The third kappa shape index (κ3) is 3.24. The largest absolute Gasteiger partial charge is 0.292 e. The average molecular weight is 383 g/mol. The molecule has 0 atom stereocenters. The highest BCUT2D eigenvalue weighted by atomic mass is 35.5. The van der Waals surface area contributed by atoms with E-state index in [1.54, 1.807) is 24.3 Å². The Morgan fingerprint density at radius 1 is 1.15 bits per heavy atom. The van der Waals surface area contributed by atoms with E-state index in [1.807, 2.05) is 0 Å². The fraction of sp³-hybridized carbons (Fsp3) is 0.0526. The first-order valence-electron chi connectivity index (χ1n) is 8.01. The van der Waals surface area contributed by atoms with Crippen LogP contribution in [0.3, 0.4) is 0 Å². The fourth-order valence-corrected chi connectivity index (χ4v) is 2.93. The van der Waals surface area contributed by atoms with Gasteiger partial charge < -0.3 is 0 Å². The zero-order chi connectivity index (χ0) is 19.0. The molecule has 0 aliphatic heterocycles. The molecule has 0 saturated carbocycles. The molecule has 2 aromatic heterocycles. The maximum Gasteiger partial charge on any atom is 0.264 e. The minimum atomic E-state index is -0.385. The summed E-state index contributed by atoms with van der Waals surface area (Å²) in [4.78, 5) is 29.4. The molecule has 0 aliphatic carbocycles. The van der Waals surface area contributed by atoms with Crippen molar-refractivity contribution in [3.8, 4) is 5.69 Å². The second kappa shape index (κ2) is 6.77. The summed E-state index contributed by atoms with van der Waals surface area (Å²) in [5.74, 6) is -0.628. The third-order valence-corrected chi connectivity index (χ3v) is 4.32. The number of carbonyl (C=O) groups is 1. The van der Waals surface area contributed by atoms with Gasteiger partial charge in [0.2, 0.25) is 0 Å². The number of hydrogen-bond acceptors (Lipinski definition) is 4. The molecule has 27 heavy (non-hydrogen) atoms. The molecule has 0 unspecified atom stereocenters. The van der Waals surface area contributed by atoms with Gasteiger partial charge in [-0.15, -0.1) is 0 Å². The van der Waals surface area contributed by atoms with Crippen LogP contribution in [0.1, 0.15) is 10.4 Å². The van der Waals surface area contributed by atoms with E-state index in [4.69, 9.17) is 11.6 Å². The van der Waals surface area contributed by atoms with Crippen molar-refractivity contribution in [1.82, 2.24) is 19.3 Å². The van der Waals surface area contributed by atoms with Crippen molar-refractivity contribution in [2.75, 3.05) is 0 Å². The number of Topliss-reactive ketones (excluding diaryl/α,β-unsaturated/α-hetero) is 1. The lowest BCUT2D eigenvalue weighted by atomic mass is 10.1. The van der Waals surface area contributed by atoms with Crippen LogP contribution in [-0.4, -0.2) is 25.1 Å². The van der Waals surface area contributed by atoms with Crippen LogP contribution in [0.15, 0.2) is 65.8 Å². The number of carbonyl (C=O) groups excluding carboxylic acids is 1. The zero-order valence-corrected chi connectivity index (χ0v) is 14.6. The van der Waals surface area contributed by atoms with Crippen LogP contribution in [0, 0.1) is 5.82 Å². The van der Waals surface area contributed by atoms with E-state index >= 15 is 0 Å². The minimum Gasteiger partial charge on any atom is -0.292 e. The summed E-state index contributed by atoms with van der Waals surface area (Å²) in [5.41, 5.74) is 0.935. The van der Waals surface area contributed by atoms with E-state index in [9.17, 15) is 14.0 Å². The van der Waals surface area contributed by atoms with E-state index in [2.05, 4.69) is 10.1 Å². The SMILES string of the molecule is O=C(Cn1cnc2c(cnn2-c2ccc(F)cc2)c1=O)c1cccc(Cl)c1. The predicted octanol–water partition coefficient (Wildman–Crippen LogP) is 3.26. The molecule has 2 heterocycles. The van der Waals surface area contributed by atoms with Crippen LogP contribution in [0.25, 0.3) is 16.7 Å². The van der Waals surface area contributed by atoms with Gasteiger partial charge in [0, 0.05) is 10.6 Å². The Kier molecular flexibility index (Phi) is 4.29. The molecule has 4 aromatic rings. The van der Waals surface area contributed by atoms with Crippen molar-refractivity contribution in [3.63, 3.8) is 0 Å². The lowest BCUT2D eigenvalue weighted by Gasteiger charge is -2.06. The summed E-state index contributed by atoms with van der Waals surface area (Å²) >= 11 is 5.90. The van der Waals surface area contributed by atoms with Crippen molar-refractivity contribution in [2.24, 2.45) is 0 Å². The first-order chi connectivity index (χ1) is 13.0. The van der Waals surface area contributed by atoms with Crippen LogP contribution in [0.5, 0.6) is 0 Å². The maximum absolute atomic E-state index is 13.1. The van der Waals surface area contributed by atoms with Crippen molar-refractivity contribution in [2.45, 2.75) is 6.54 Å². The van der Waals surface area contributed by atoms with Crippen LogP contribution < -0.4 is 5.56 Å². The number of rotatable bonds is 4. The molecule has 0 bridgehead atoms. The first kappa shape index (κ1) is 17.1. The molecule has 134 valence electrons. The van der Waals surface area contributed by atoms with Crippen LogP contribution in [0.4, 0.5) is 4.39 Å². The average Bonchev–Trinajstić information content (AvgIpc) is 3.09. The van der Waals surface area contributed by atoms with E-state index in [1.165, 1.54) is 46.0 Å². The van der Waals surface area contributed by atoms with Crippen molar-refractivity contribution in [1.29, 1.82) is 0 Å². The Labute approximate surface area is 157 Å². The van der Waals surface area contributed by atoms with Crippen molar-refractivity contribution < 1.29 is 9.18 Å². The Hall–Kier alpha value is -3.32. The Morgan fingerprint density at radius 3 is 2.67 bits per heavy atom. The molecule has 0 saturated heterocycles. The highest BCUT2D eigenvalue weighted by Crippen LogP contribution is 2.15. The summed E-state index contributed by atoms with van der Waals surface area (Å²) in [6.45, 7) is -0.163. The number of hydrogen-bond donors (Lipinski definition) is 0. The molecule has 2 aromatic carbocycles. The molecule has 0 amide bonds. The van der Waals surface area contributed by atoms with Gasteiger partial charge in [0.05, 0.1) is 18.4 Å². The van der Waals surface area contributed by atoms with Gasteiger partial charge in [-0.05, 0) is 36.4 Å². The minimum absolute atomic E-state index is 0.163. The normalized spacial score (nSPS) is 11.0. The van der Waals surface area contributed by atoms with Crippen LogP contribution >= 0.6 is 11.6 Å². The monoisotopic (exact) mass is 382 g/mol. The quantitative estimate of drug-likeness (QED) is 0.508. The molecule has 4 rings (SSSR count). The summed E-state index contributed by atoms with van der Waals surface area (Å²) in [6, 6.07) is 12.2. The van der Waals surface area contributed by atoms with Gasteiger partial charge in [-0.25, -0.2) is 14.1 Å². The standard InChI is InChI=1S/C19H12ClFN4O2/c20-13-3-1-2-12(8-13)17(26)10-24-11-22-18-16(19(24)27)9-23-25(18)15-6-4-14(21)5-7-15/h1-9,11H,10H2. The summed E-state index contributed by atoms with van der Waals surface area (Å²) < 4.78 is 15.8. The van der Waals surface area contributed by atoms with E-state index in [0.29, 0.717) is 21.9 Å². The van der Waals surface area contributed by atoms with Crippen LogP contribution in [-0.2, 0) is 6.54 Å². The Bertz CT molecular complexity index is 1210. The number of benzene rings is 2. The molecular formula is C19H12ClFN4O2. The van der Waals surface area contributed by atoms with Gasteiger partial charge >= 0.3 is 0 Å². The molecule has 0 aliphatic rings. The number of aromatic nitrogens is 4. The third-order valence-electron chi connectivity index (χ3n) is 4.09. The first-order valence-corrected chi connectivity index (χ1v) is 8.38. The number of ketones is 1. The maximum atomic E-state index is 13.1. The number of halogens is 2. The summed E-state index contributed by atoms with van der Waals surface area (Å²) in [7, 11) is 0. The molecular weight excluding hydrogens is 371 g/mol. The molecule has 0 radical (unpaired) electrons. The van der Waals surface area contributed by atoms with E-state index in [-0.39, 0.29) is 29.1 Å². The lowest BCUT2D eigenvalue weighted by Crippen LogP contribution is -2.24. The Balaban J connectivity index is 1.70. The number of nitrogens with zero attached hydrogens (tertiary/aromatic N) is 4. The Morgan fingerprint density at radius 2 is 1.93 bits per heavy atom. The zero-order valence-electron chi connectivity index (χ0n) is 13.8. The molecule has 0 spiro atoms. The van der Waals surface area contributed by atoms with Gasteiger partial charge in [0.1, 0.15) is 17.5 Å². The topological polar surface area (TPSA) is 69.8 Å². The molecule has 0 fully saturated rings. The molecule has 0 N–H and O–H groups in total. The smallest absolute Gasteiger partial charge is 0.264 e. The lowest BCUT2D eigenvalue weighted by molar-refractivity contribution is 0.0970. The number of fused-ring (bicyclic) bond motifs is 1. The van der Waals surface area contributed by atoms with Gasteiger partial charge in [-0.3, -0.25) is 14.2 Å². The highest BCUT2D eigenvalue weighted by Gasteiger charge is 2.14. The summed E-state index contributed by atoms with van der Waals surface area (Å²) in [5, 5.41) is 4.87. The van der Waals surface area contributed by atoms with Crippen molar-refractivity contribution in [3.05, 3.63) is 87.8 Å². The van der Waals surface area contributed by atoms with E-state index < -0.39 is 0 Å². The molecule has 8 heteroatoms. The molecule has 6 nitrogen and oxygen atoms in total. The van der Waals surface area contributed by atoms with Gasteiger partial charge in [0.25, 0.3) is 5.56 Å². The highest BCUT2D eigenvalue weighted by molar-refractivity contribution is 6.31. The van der Waals surface area contributed by atoms with Gasteiger partial charge in [-0.1, -0.05) is 23.7 Å². The van der Waals surface area contributed by atoms with Gasteiger partial charge in [-0.2, -0.15) is 5.10 Å². The fourth-order valence-electron chi connectivity index (χ4n) is 2.74. The van der Waals surface area contributed by atoms with Crippen molar-refractivity contribution >= 4 is 28.4 Å². The van der Waals surface area contributed by atoms with Crippen LogP contribution in [0.2, 0.25) is 5.02 Å². The second-order valence-corrected chi connectivity index (χ2v) is 6.32. The summed E-state index contributed by atoms with van der Waals surface area (Å²) in [6.07, 6.45) is 2.68. The van der Waals surface area contributed by atoms with E-state index in [0.717, 1.165) is 0 Å². The van der Waals surface area contributed by atoms with Gasteiger partial charge in [0.15, 0.2) is 11.4 Å².